The molecule has 104 valence electrons. The summed E-state index contributed by atoms with van der Waals surface area (Å²) >= 11 is 7.47. The van der Waals surface area contributed by atoms with E-state index in [1.807, 2.05) is 12.1 Å². The molecule has 2 fully saturated rings. The molecule has 3 unspecified atom stereocenters. The van der Waals surface area contributed by atoms with Gasteiger partial charge in [-0.3, -0.25) is 4.79 Å². The number of nitrogens with one attached hydrogen (secondary N) is 2. The van der Waals surface area contributed by atoms with Gasteiger partial charge in [-0.2, -0.15) is 0 Å². The SMILES string of the molecule is O=C(NCCc1ccc(Cl)s1)C1NCC2CCCC21. The van der Waals surface area contributed by atoms with E-state index in [-0.39, 0.29) is 11.9 Å². The van der Waals surface area contributed by atoms with Crippen LogP contribution in [0.1, 0.15) is 24.1 Å². The number of rotatable bonds is 4. The van der Waals surface area contributed by atoms with Crippen molar-refractivity contribution in [3.05, 3.63) is 21.3 Å². The Kier molecular flexibility index (Phi) is 4.10. The molecule has 1 aromatic heterocycles. The van der Waals surface area contributed by atoms with Crippen LogP contribution >= 0.6 is 22.9 Å². The maximum absolute atomic E-state index is 12.2. The topological polar surface area (TPSA) is 41.1 Å². The van der Waals surface area contributed by atoms with E-state index in [0.29, 0.717) is 12.5 Å². The minimum atomic E-state index is 0.0411. The van der Waals surface area contributed by atoms with Crippen LogP contribution in [-0.4, -0.2) is 25.0 Å². The zero-order valence-corrected chi connectivity index (χ0v) is 12.4. The lowest BCUT2D eigenvalue weighted by molar-refractivity contribution is -0.123. The van der Waals surface area contributed by atoms with Gasteiger partial charge in [0.1, 0.15) is 0 Å². The third kappa shape index (κ3) is 2.96. The largest absolute Gasteiger partial charge is 0.354 e. The quantitative estimate of drug-likeness (QED) is 0.896. The molecule has 0 radical (unpaired) electrons. The number of amides is 1. The molecule has 1 aliphatic carbocycles. The number of hydrogen-bond donors (Lipinski definition) is 2. The molecule has 3 nitrogen and oxygen atoms in total. The summed E-state index contributed by atoms with van der Waals surface area (Å²) in [7, 11) is 0. The van der Waals surface area contributed by atoms with Crippen molar-refractivity contribution in [2.24, 2.45) is 11.8 Å². The van der Waals surface area contributed by atoms with Gasteiger partial charge in [0.2, 0.25) is 5.91 Å². The van der Waals surface area contributed by atoms with Crippen molar-refractivity contribution >= 4 is 28.8 Å². The van der Waals surface area contributed by atoms with Gasteiger partial charge in [0, 0.05) is 11.4 Å². The molecule has 2 N–H and O–H groups in total. The first-order valence-corrected chi connectivity index (χ1v) is 8.19. The van der Waals surface area contributed by atoms with Gasteiger partial charge >= 0.3 is 0 Å². The lowest BCUT2D eigenvalue weighted by Crippen LogP contribution is -2.44. The molecule has 3 atom stereocenters. The molecule has 2 aliphatic rings. The van der Waals surface area contributed by atoms with Crippen molar-refractivity contribution in [3.8, 4) is 0 Å². The van der Waals surface area contributed by atoms with E-state index >= 15 is 0 Å². The van der Waals surface area contributed by atoms with E-state index in [2.05, 4.69) is 10.6 Å². The average Bonchev–Trinajstić information content (AvgIpc) is 3.04. The van der Waals surface area contributed by atoms with Crippen molar-refractivity contribution in [3.63, 3.8) is 0 Å². The highest BCUT2D eigenvalue weighted by atomic mass is 35.5. The Morgan fingerprint density at radius 3 is 3.16 bits per heavy atom. The monoisotopic (exact) mass is 298 g/mol. The molecule has 1 amide bonds. The fraction of sp³-hybridized carbons (Fsp3) is 0.643. The van der Waals surface area contributed by atoms with Gasteiger partial charge in [-0.05, 0) is 49.8 Å². The van der Waals surface area contributed by atoms with Crippen LogP contribution < -0.4 is 10.6 Å². The second-order valence-electron chi connectivity index (χ2n) is 5.49. The second-order valence-corrected chi connectivity index (χ2v) is 7.29. The standard InChI is InChI=1S/C14H19ClN2OS/c15-12-5-4-10(19-12)6-7-16-14(18)13-11-3-1-2-9(11)8-17-13/h4-5,9,11,13,17H,1-3,6-8H2,(H,16,18). The molecule has 0 spiro atoms. The summed E-state index contributed by atoms with van der Waals surface area (Å²) in [5.41, 5.74) is 0. The summed E-state index contributed by atoms with van der Waals surface area (Å²) in [6.45, 7) is 1.72. The molecular formula is C14H19ClN2OS. The van der Waals surface area contributed by atoms with Crippen LogP contribution in [0, 0.1) is 11.8 Å². The van der Waals surface area contributed by atoms with E-state index in [1.54, 1.807) is 11.3 Å². The Morgan fingerprint density at radius 1 is 1.47 bits per heavy atom. The molecule has 1 saturated heterocycles. The summed E-state index contributed by atoms with van der Waals surface area (Å²) in [6.07, 6.45) is 4.64. The Hall–Kier alpha value is -0.580. The predicted octanol–water partition coefficient (Wildman–Crippen LogP) is 2.45. The highest BCUT2D eigenvalue weighted by molar-refractivity contribution is 7.16. The van der Waals surface area contributed by atoms with Gasteiger partial charge in [0.05, 0.1) is 10.4 Å². The molecule has 3 rings (SSSR count). The van der Waals surface area contributed by atoms with E-state index in [9.17, 15) is 4.79 Å². The summed E-state index contributed by atoms with van der Waals surface area (Å²) in [5, 5.41) is 6.44. The van der Waals surface area contributed by atoms with Crippen molar-refractivity contribution in [2.45, 2.75) is 31.7 Å². The molecule has 1 saturated carbocycles. The third-order valence-electron chi connectivity index (χ3n) is 4.33. The van der Waals surface area contributed by atoms with E-state index in [0.717, 1.165) is 23.2 Å². The molecule has 1 aliphatic heterocycles. The van der Waals surface area contributed by atoms with Crippen molar-refractivity contribution < 1.29 is 4.79 Å². The van der Waals surface area contributed by atoms with Crippen LogP contribution in [0.2, 0.25) is 4.34 Å². The van der Waals surface area contributed by atoms with Crippen molar-refractivity contribution in [1.82, 2.24) is 10.6 Å². The summed E-state index contributed by atoms with van der Waals surface area (Å²) in [4.78, 5) is 13.4. The predicted molar refractivity (Wildman–Crippen MR) is 78.7 cm³/mol. The Balaban J connectivity index is 1.46. The van der Waals surface area contributed by atoms with E-state index in [4.69, 9.17) is 11.6 Å². The van der Waals surface area contributed by atoms with Crippen molar-refractivity contribution in [2.75, 3.05) is 13.1 Å². The minimum absolute atomic E-state index is 0.0411. The first kappa shape index (κ1) is 13.4. The van der Waals surface area contributed by atoms with Crippen LogP contribution in [-0.2, 0) is 11.2 Å². The highest BCUT2D eigenvalue weighted by Gasteiger charge is 2.42. The normalized spacial score (nSPS) is 29.4. The van der Waals surface area contributed by atoms with Gasteiger partial charge in [-0.25, -0.2) is 0 Å². The number of halogens is 1. The fourth-order valence-corrected chi connectivity index (χ4v) is 4.47. The first-order chi connectivity index (χ1) is 9.24. The maximum atomic E-state index is 12.2. The molecule has 2 heterocycles. The molecule has 19 heavy (non-hydrogen) atoms. The number of hydrogen-bond acceptors (Lipinski definition) is 3. The molecule has 5 heteroatoms. The number of thiophene rings is 1. The van der Waals surface area contributed by atoms with E-state index in [1.165, 1.54) is 24.1 Å². The molecule has 1 aromatic rings. The van der Waals surface area contributed by atoms with Crippen LogP contribution in [0.3, 0.4) is 0 Å². The second kappa shape index (κ2) is 5.81. The fourth-order valence-electron chi connectivity index (χ4n) is 3.38. The first-order valence-electron chi connectivity index (χ1n) is 6.99. The third-order valence-corrected chi connectivity index (χ3v) is 5.62. The average molecular weight is 299 g/mol. The van der Waals surface area contributed by atoms with Crippen LogP contribution in [0.4, 0.5) is 0 Å². The number of carbonyl (C=O) groups is 1. The van der Waals surface area contributed by atoms with Gasteiger partial charge in [0.25, 0.3) is 0 Å². The highest BCUT2D eigenvalue weighted by Crippen LogP contribution is 2.37. The molecular weight excluding hydrogens is 280 g/mol. The van der Waals surface area contributed by atoms with Crippen LogP contribution in [0.25, 0.3) is 0 Å². The lowest BCUT2D eigenvalue weighted by atomic mass is 9.93. The summed E-state index contributed by atoms with van der Waals surface area (Å²) in [5.74, 6) is 1.47. The number of carbonyl (C=O) groups excluding carboxylic acids is 1. The minimum Gasteiger partial charge on any atom is -0.354 e. The smallest absolute Gasteiger partial charge is 0.237 e. The van der Waals surface area contributed by atoms with Crippen LogP contribution in [0.15, 0.2) is 12.1 Å². The Labute approximate surface area is 122 Å². The zero-order chi connectivity index (χ0) is 13.2. The maximum Gasteiger partial charge on any atom is 0.237 e. The van der Waals surface area contributed by atoms with E-state index < -0.39 is 0 Å². The molecule has 0 aromatic carbocycles. The van der Waals surface area contributed by atoms with Gasteiger partial charge in [-0.1, -0.05) is 18.0 Å². The summed E-state index contributed by atoms with van der Waals surface area (Å²) in [6, 6.07) is 3.98. The van der Waals surface area contributed by atoms with Gasteiger partial charge in [0.15, 0.2) is 0 Å². The van der Waals surface area contributed by atoms with Gasteiger partial charge in [-0.15, -0.1) is 11.3 Å². The summed E-state index contributed by atoms with van der Waals surface area (Å²) < 4.78 is 0.813. The zero-order valence-electron chi connectivity index (χ0n) is 10.8. The van der Waals surface area contributed by atoms with Crippen LogP contribution in [0.5, 0.6) is 0 Å². The Morgan fingerprint density at radius 2 is 2.37 bits per heavy atom. The lowest BCUT2D eigenvalue weighted by Gasteiger charge is -2.17. The Bertz CT molecular complexity index is 462. The molecule has 0 bridgehead atoms. The van der Waals surface area contributed by atoms with Gasteiger partial charge < -0.3 is 10.6 Å². The number of fused-ring (bicyclic) bond motifs is 1. The van der Waals surface area contributed by atoms with Crippen molar-refractivity contribution in [1.29, 1.82) is 0 Å².